The van der Waals surface area contributed by atoms with E-state index in [1.54, 1.807) is 31.3 Å². The van der Waals surface area contributed by atoms with Crippen LogP contribution in [0, 0.1) is 0 Å². The molecule has 29 heavy (non-hydrogen) atoms. The van der Waals surface area contributed by atoms with Gasteiger partial charge in [0.05, 0.1) is 11.1 Å². The molecule has 0 radical (unpaired) electrons. The molecule has 1 aromatic heterocycles. The fraction of sp³-hybridized carbons (Fsp3) is 0.111. The smallest absolute Gasteiger partial charge is 0.478 e. The minimum absolute atomic E-state index is 0.167. The van der Waals surface area contributed by atoms with Gasteiger partial charge in [-0.05, 0) is 29.3 Å². The molecule has 3 rings (SSSR count). The Bertz CT molecular complexity index is 1070. The Kier molecular flexibility index (Phi) is 6.22. The van der Waals surface area contributed by atoms with Gasteiger partial charge < -0.3 is 21.3 Å². The lowest BCUT2D eigenvalue weighted by Gasteiger charge is -2.09. The van der Waals surface area contributed by atoms with Crippen molar-refractivity contribution < 1.29 is 33.0 Å². The van der Waals surface area contributed by atoms with Gasteiger partial charge in [-0.25, -0.2) is 14.6 Å². The van der Waals surface area contributed by atoms with E-state index in [4.69, 9.17) is 15.6 Å². The number of nitrogens with zero attached hydrogens (tertiary/aromatic N) is 2. The summed E-state index contributed by atoms with van der Waals surface area (Å²) in [6, 6.07) is 12.4. The van der Waals surface area contributed by atoms with Crippen LogP contribution >= 0.6 is 0 Å². The van der Waals surface area contributed by atoms with E-state index >= 15 is 0 Å². The zero-order valence-corrected chi connectivity index (χ0v) is 14.9. The first-order chi connectivity index (χ1) is 13.5. The number of aromatic carboxylic acids is 1. The molecule has 0 spiro atoms. The van der Waals surface area contributed by atoms with Gasteiger partial charge in [0.25, 0.3) is 0 Å². The number of alkyl halides is 3. The zero-order valence-electron chi connectivity index (χ0n) is 14.9. The lowest BCUT2D eigenvalue weighted by atomic mass is 9.98. The van der Waals surface area contributed by atoms with Crippen LogP contribution in [0.1, 0.15) is 10.4 Å². The number of hydrogen-bond donors (Lipinski definition) is 4. The normalized spacial score (nSPS) is 10.8. The molecule has 0 fully saturated rings. The molecule has 1 heterocycles. The van der Waals surface area contributed by atoms with Crippen molar-refractivity contribution in [3.05, 3.63) is 48.0 Å². The summed E-state index contributed by atoms with van der Waals surface area (Å²) in [4.78, 5) is 28.6. The van der Waals surface area contributed by atoms with E-state index in [1.165, 1.54) is 0 Å². The predicted octanol–water partition coefficient (Wildman–Crippen LogP) is 3.25. The summed E-state index contributed by atoms with van der Waals surface area (Å²) in [5.41, 5.74) is 8.03. The Hall–Kier alpha value is -3.89. The SMILES string of the molecule is CNc1nc(N)nc2cc(-c3ccccc3C(=O)O)ccc12.O=C(O)C(F)(F)F. The van der Waals surface area contributed by atoms with Gasteiger partial charge in [0.15, 0.2) is 0 Å². The first-order valence-electron chi connectivity index (χ1n) is 7.92. The summed E-state index contributed by atoms with van der Waals surface area (Å²) in [7, 11) is 1.76. The lowest BCUT2D eigenvalue weighted by Crippen LogP contribution is -2.21. The average Bonchev–Trinajstić information content (AvgIpc) is 2.66. The van der Waals surface area contributed by atoms with Crippen LogP contribution in [-0.2, 0) is 4.79 Å². The van der Waals surface area contributed by atoms with Crippen molar-refractivity contribution in [3.8, 4) is 11.1 Å². The number of nitrogen functional groups attached to an aromatic ring is 1. The number of nitrogens with one attached hydrogen (secondary N) is 1. The molecular formula is C18H15F3N4O4. The Morgan fingerprint density at radius 2 is 1.69 bits per heavy atom. The predicted molar refractivity (Wildman–Crippen MR) is 99.6 cm³/mol. The van der Waals surface area contributed by atoms with Crippen molar-refractivity contribution in [1.82, 2.24) is 9.97 Å². The number of halogens is 3. The second kappa shape index (κ2) is 8.42. The zero-order chi connectivity index (χ0) is 21.8. The van der Waals surface area contributed by atoms with Gasteiger partial charge in [-0.3, -0.25) is 0 Å². The molecule has 8 nitrogen and oxygen atoms in total. The summed E-state index contributed by atoms with van der Waals surface area (Å²) in [6.07, 6.45) is -5.08. The second-order valence-electron chi connectivity index (χ2n) is 5.57. The Morgan fingerprint density at radius 3 is 2.24 bits per heavy atom. The van der Waals surface area contributed by atoms with Crippen LogP contribution in [0.5, 0.6) is 0 Å². The number of anilines is 2. The quantitative estimate of drug-likeness (QED) is 0.518. The molecule has 0 saturated carbocycles. The van der Waals surface area contributed by atoms with Gasteiger partial charge in [0.1, 0.15) is 5.82 Å². The Labute approximate surface area is 161 Å². The van der Waals surface area contributed by atoms with E-state index in [0.29, 0.717) is 16.9 Å². The number of benzene rings is 2. The van der Waals surface area contributed by atoms with Gasteiger partial charge in [-0.1, -0.05) is 24.3 Å². The molecule has 0 aliphatic rings. The minimum Gasteiger partial charge on any atom is -0.478 e. The number of carboxylic acid groups (broad SMARTS) is 2. The molecule has 0 amide bonds. The minimum atomic E-state index is -5.08. The Morgan fingerprint density at radius 1 is 1.07 bits per heavy atom. The van der Waals surface area contributed by atoms with E-state index in [1.807, 2.05) is 18.2 Å². The molecule has 11 heteroatoms. The van der Waals surface area contributed by atoms with Gasteiger partial charge >= 0.3 is 18.1 Å². The summed E-state index contributed by atoms with van der Waals surface area (Å²) in [5, 5.41) is 20.2. The highest BCUT2D eigenvalue weighted by Crippen LogP contribution is 2.29. The van der Waals surface area contributed by atoms with E-state index in [2.05, 4.69) is 15.3 Å². The molecule has 5 N–H and O–H groups in total. The van der Waals surface area contributed by atoms with Crippen molar-refractivity contribution >= 4 is 34.6 Å². The largest absolute Gasteiger partial charge is 0.490 e. The van der Waals surface area contributed by atoms with Gasteiger partial charge in [0.2, 0.25) is 5.95 Å². The highest BCUT2D eigenvalue weighted by Gasteiger charge is 2.38. The summed E-state index contributed by atoms with van der Waals surface area (Å²) < 4.78 is 31.7. The van der Waals surface area contributed by atoms with Crippen LogP contribution in [-0.4, -0.2) is 45.3 Å². The first-order valence-corrected chi connectivity index (χ1v) is 7.92. The lowest BCUT2D eigenvalue weighted by molar-refractivity contribution is -0.192. The number of aromatic nitrogens is 2. The molecule has 0 saturated heterocycles. The van der Waals surface area contributed by atoms with Crippen molar-refractivity contribution in [2.24, 2.45) is 0 Å². The number of nitrogens with two attached hydrogens (primary N) is 1. The van der Waals surface area contributed by atoms with Crippen LogP contribution in [0.25, 0.3) is 22.0 Å². The summed E-state index contributed by atoms with van der Waals surface area (Å²) in [5.74, 6) is -2.91. The molecule has 3 aromatic rings. The molecule has 0 aliphatic carbocycles. The van der Waals surface area contributed by atoms with Crippen molar-refractivity contribution in [3.63, 3.8) is 0 Å². The van der Waals surface area contributed by atoms with Crippen LogP contribution in [0.3, 0.4) is 0 Å². The fourth-order valence-electron chi connectivity index (χ4n) is 2.43. The molecule has 2 aromatic carbocycles. The molecular weight excluding hydrogens is 393 g/mol. The maximum atomic E-state index is 11.4. The highest BCUT2D eigenvalue weighted by atomic mass is 19.4. The number of carboxylic acids is 2. The number of fused-ring (bicyclic) bond motifs is 1. The second-order valence-corrected chi connectivity index (χ2v) is 5.57. The number of carbonyl (C=O) groups is 2. The highest BCUT2D eigenvalue weighted by molar-refractivity contribution is 5.98. The van der Waals surface area contributed by atoms with E-state index in [0.717, 1.165) is 10.9 Å². The monoisotopic (exact) mass is 408 g/mol. The third kappa shape index (κ3) is 5.09. The summed E-state index contributed by atoms with van der Waals surface area (Å²) >= 11 is 0. The molecule has 0 atom stereocenters. The number of hydrogen-bond acceptors (Lipinski definition) is 6. The first kappa shape index (κ1) is 21.4. The Balaban J connectivity index is 0.000000370. The van der Waals surface area contributed by atoms with Gasteiger partial charge in [0, 0.05) is 12.4 Å². The van der Waals surface area contributed by atoms with Crippen LogP contribution in [0.15, 0.2) is 42.5 Å². The number of aliphatic carboxylic acids is 1. The maximum absolute atomic E-state index is 11.4. The van der Waals surface area contributed by atoms with Crippen LogP contribution in [0.2, 0.25) is 0 Å². The average molecular weight is 408 g/mol. The van der Waals surface area contributed by atoms with Gasteiger partial charge in [-0.2, -0.15) is 18.2 Å². The standard InChI is InChI=1S/C16H14N4O2.C2HF3O2/c1-18-14-12-7-6-9(8-13(12)19-16(17)20-14)10-4-2-3-5-11(10)15(21)22;3-2(4,5)1(6)7/h2-8H,1H3,(H,21,22)(H3,17,18,19,20);(H,6,7). The molecule has 0 unspecified atom stereocenters. The van der Waals surface area contributed by atoms with E-state index < -0.39 is 18.1 Å². The molecule has 0 aliphatic heterocycles. The molecule has 152 valence electrons. The maximum Gasteiger partial charge on any atom is 0.490 e. The number of rotatable bonds is 3. The van der Waals surface area contributed by atoms with Crippen molar-refractivity contribution in [1.29, 1.82) is 0 Å². The van der Waals surface area contributed by atoms with E-state index in [9.17, 15) is 23.1 Å². The van der Waals surface area contributed by atoms with Crippen molar-refractivity contribution in [2.45, 2.75) is 6.18 Å². The third-order valence-corrected chi connectivity index (χ3v) is 3.66. The van der Waals surface area contributed by atoms with Crippen LogP contribution < -0.4 is 11.1 Å². The molecule has 0 bridgehead atoms. The van der Waals surface area contributed by atoms with Crippen molar-refractivity contribution in [2.75, 3.05) is 18.1 Å². The fourth-order valence-corrected chi connectivity index (χ4v) is 2.43. The van der Waals surface area contributed by atoms with Gasteiger partial charge in [-0.15, -0.1) is 0 Å². The third-order valence-electron chi connectivity index (χ3n) is 3.66. The van der Waals surface area contributed by atoms with E-state index in [-0.39, 0.29) is 11.5 Å². The van der Waals surface area contributed by atoms with Crippen LogP contribution in [0.4, 0.5) is 24.9 Å². The topological polar surface area (TPSA) is 138 Å². The summed E-state index contributed by atoms with van der Waals surface area (Å²) in [6.45, 7) is 0.